The lowest BCUT2D eigenvalue weighted by Crippen LogP contribution is -2.46. The number of ether oxygens (including phenoxy) is 1. The number of amides is 1. The van der Waals surface area contributed by atoms with Crippen molar-refractivity contribution in [3.8, 4) is 0 Å². The van der Waals surface area contributed by atoms with Crippen molar-refractivity contribution < 1.29 is 9.53 Å². The zero-order valence-corrected chi connectivity index (χ0v) is 16.8. The van der Waals surface area contributed by atoms with Crippen LogP contribution in [0.5, 0.6) is 0 Å². The van der Waals surface area contributed by atoms with Crippen LogP contribution in [0.2, 0.25) is 0 Å². The molecule has 1 aliphatic heterocycles. The number of aromatic nitrogens is 2. The highest BCUT2D eigenvalue weighted by molar-refractivity contribution is 5.81. The van der Waals surface area contributed by atoms with Crippen LogP contribution < -0.4 is 5.32 Å². The largest absolute Gasteiger partial charge is 0.383 e. The van der Waals surface area contributed by atoms with E-state index in [1.54, 1.807) is 7.11 Å². The van der Waals surface area contributed by atoms with Crippen LogP contribution in [-0.2, 0) is 35.6 Å². The van der Waals surface area contributed by atoms with Crippen LogP contribution in [-0.4, -0.2) is 46.9 Å². The predicted octanol–water partition coefficient (Wildman–Crippen LogP) is 2.21. The maximum atomic E-state index is 12.7. The molecule has 2 aromatic rings. The van der Waals surface area contributed by atoms with Gasteiger partial charge in [0.25, 0.3) is 0 Å². The minimum Gasteiger partial charge on any atom is -0.383 e. The molecule has 1 atom stereocenters. The molecule has 2 heterocycles. The standard InChI is InChI=1S/C21H30N4O2/c1-15-20(16(2)25(23-15)11-12-27-4)13-22-21(26)17(3)24-10-9-18-7-5-6-8-19(18)14-24/h5-8,17H,9-14H2,1-4H3,(H,22,26). The first-order valence-corrected chi connectivity index (χ1v) is 9.61. The number of nitrogens with zero attached hydrogens (tertiary/aromatic N) is 3. The van der Waals surface area contributed by atoms with Gasteiger partial charge in [-0.3, -0.25) is 14.4 Å². The fourth-order valence-electron chi connectivity index (χ4n) is 3.72. The van der Waals surface area contributed by atoms with Gasteiger partial charge in [0.05, 0.1) is 24.9 Å². The average Bonchev–Trinajstić information content (AvgIpc) is 2.96. The summed E-state index contributed by atoms with van der Waals surface area (Å²) in [5.74, 6) is 0.0674. The molecule has 1 amide bonds. The fourth-order valence-corrected chi connectivity index (χ4v) is 3.72. The highest BCUT2D eigenvalue weighted by Crippen LogP contribution is 2.20. The maximum Gasteiger partial charge on any atom is 0.237 e. The van der Waals surface area contributed by atoms with Gasteiger partial charge in [0, 0.05) is 38.0 Å². The van der Waals surface area contributed by atoms with Crippen molar-refractivity contribution in [3.05, 3.63) is 52.3 Å². The number of carbonyl (C=O) groups excluding carboxylic acids is 1. The molecule has 27 heavy (non-hydrogen) atoms. The Morgan fingerprint density at radius 2 is 2.04 bits per heavy atom. The van der Waals surface area contributed by atoms with Gasteiger partial charge in [-0.05, 0) is 38.3 Å². The Morgan fingerprint density at radius 1 is 1.30 bits per heavy atom. The van der Waals surface area contributed by atoms with Crippen LogP contribution in [0.15, 0.2) is 24.3 Å². The van der Waals surface area contributed by atoms with Gasteiger partial charge in [0.15, 0.2) is 0 Å². The zero-order valence-electron chi connectivity index (χ0n) is 16.8. The third-order valence-corrected chi connectivity index (χ3v) is 5.57. The van der Waals surface area contributed by atoms with E-state index in [-0.39, 0.29) is 11.9 Å². The summed E-state index contributed by atoms with van der Waals surface area (Å²) in [7, 11) is 1.69. The summed E-state index contributed by atoms with van der Waals surface area (Å²) in [5.41, 5.74) is 5.87. The van der Waals surface area contributed by atoms with Crippen LogP contribution in [0.1, 0.15) is 35.0 Å². The maximum absolute atomic E-state index is 12.7. The fraction of sp³-hybridized carbons (Fsp3) is 0.524. The molecule has 1 unspecified atom stereocenters. The van der Waals surface area contributed by atoms with Crippen LogP contribution in [0.3, 0.4) is 0 Å². The van der Waals surface area contributed by atoms with E-state index in [2.05, 4.69) is 39.6 Å². The van der Waals surface area contributed by atoms with Crippen molar-refractivity contribution in [2.75, 3.05) is 20.3 Å². The smallest absolute Gasteiger partial charge is 0.237 e. The molecule has 0 radical (unpaired) electrons. The first kappa shape index (κ1) is 19.6. The number of methoxy groups -OCH3 is 1. The van der Waals surface area contributed by atoms with E-state index in [1.165, 1.54) is 11.1 Å². The molecule has 1 aliphatic rings. The Kier molecular flexibility index (Phi) is 6.29. The quantitative estimate of drug-likeness (QED) is 0.812. The van der Waals surface area contributed by atoms with Crippen LogP contribution >= 0.6 is 0 Å². The van der Waals surface area contributed by atoms with E-state index in [0.29, 0.717) is 13.2 Å². The third-order valence-electron chi connectivity index (χ3n) is 5.57. The third kappa shape index (κ3) is 4.39. The SMILES string of the molecule is COCCn1nc(C)c(CNC(=O)C(C)N2CCc3ccccc3C2)c1C. The molecule has 6 nitrogen and oxygen atoms in total. The Balaban J connectivity index is 1.59. The van der Waals surface area contributed by atoms with Gasteiger partial charge in [-0.15, -0.1) is 0 Å². The van der Waals surface area contributed by atoms with Gasteiger partial charge in [0.2, 0.25) is 5.91 Å². The Labute approximate surface area is 161 Å². The van der Waals surface area contributed by atoms with Gasteiger partial charge in [0.1, 0.15) is 0 Å². The second-order valence-corrected chi connectivity index (χ2v) is 7.25. The molecule has 1 aromatic carbocycles. The summed E-state index contributed by atoms with van der Waals surface area (Å²) in [6.07, 6.45) is 0.998. The molecule has 0 aliphatic carbocycles. The van der Waals surface area contributed by atoms with Crippen molar-refractivity contribution >= 4 is 5.91 Å². The number of carbonyl (C=O) groups is 1. The highest BCUT2D eigenvalue weighted by Gasteiger charge is 2.25. The van der Waals surface area contributed by atoms with Crippen LogP contribution in [0.25, 0.3) is 0 Å². The normalized spacial score (nSPS) is 15.4. The number of nitrogens with one attached hydrogen (secondary N) is 1. The summed E-state index contributed by atoms with van der Waals surface area (Å²) < 4.78 is 7.09. The monoisotopic (exact) mass is 370 g/mol. The lowest BCUT2D eigenvalue weighted by molar-refractivity contribution is -0.126. The first-order chi connectivity index (χ1) is 13.0. The van der Waals surface area contributed by atoms with Crippen molar-refractivity contribution in [3.63, 3.8) is 0 Å². The highest BCUT2D eigenvalue weighted by atomic mass is 16.5. The Bertz CT molecular complexity index is 799. The van der Waals surface area contributed by atoms with Crippen molar-refractivity contribution in [2.24, 2.45) is 0 Å². The second kappa shape index (κ2) is 8.67. The van der Waals surface area contributed by atoms with E-state index < -0.39 is 0 Å². The summed E-state index contributed by atoms with van der Waals surface area (Å²) in [4.78, 5) is 15.0. The number of hydrogen-bond donors (Lipinski definition) is 1. The molecule has 1 aromatic heterocycles. The molecular formula is C21H30N4O2. The van der Waals surface area contributed by atoms with Gasteiger partial charge >= 0.3 is 0 Å². The van der Waals surface area contributed by atoms with Gasteiger partial charge in [-0.25, -0.2) is 0 Å². The number of hydrogen-bond acceptors (Lipinski definition) is 4. The van der Waals surface area contributed by atoms with Crippen molar-refractivity contribution in [1.82, 2.24) is 20.0 Å². The summed E-state index contributed by atoms with van der Waals surface area (Å²) >= 11 is 0. The molecule has 3 rings (SSSR count). The summed E-state index contributed by atoms with van der Waals surface area (Å²) in [5, 5.41) is 7.67. The Hall–Kier alpha value is -2.18. The van der Waals surface area contributed by atoms with Crippen LogP contribution in [0, 0.1) is 13.8 Å². The molecule has 0 spiro atoms. The Morgan fingerprint density at radius 3 is 2.78 bits per heavy atom. The van der Waals surface area contributed by atoms with E-state index in [1.807, 2.05) is 25.5 Å². The molecule has 0 bridgehead atoms. The number of aryl methyl sites for hydroxylation is 1. The van der Waals surface area contributed by atoms with E-state index in [9.17, 15) is 4.79 Å². The zero-order chi connectivity index (χ0) is 19.4. The minimum absolute atomic E-state index is 0.0674. The van der Waals surface area contributed by atoms with Gasteiger partial charge in [-0.2, -0.15) is 5.10 Å². The van der Waals surface area contributed by atoms with Crippen molar-refractivity contribution in [2.45, 2.75) is 52.9 Å². The van der Waals surface area contributed by atoms with E-state index in [0.717, 1.165) is 43.0 Å². The number of fused-ring (bicyclic) bond motifs is 1. The molecule has 146 valence electrons. The average molecular weight is 370 g/mol. The summed E-state index contributed by atoms with van der Waals surface area (Å²) in [6.45, 7) is 9.63. The molecule has 6 heteroatoms. The lowest BCUT2D eigenvalue weighted by atomic mass is 9.99. The summed E-state index contributed by atoms with van der Waals surface area (Å²) in [6, 6.07) is 8.35. The minimum atomic E-state index is -0.150. The van der Waals surface area contributed by atoms with Crippen molar-refractivity contribution in [1.29, 1.82) is 0 Å². The van der Waals surface area contributed by atoms with Gasteiger partial charge in [-0.1, -0.05) is 24.3 Å². The second-order valence-electron chi connectivity index (χ2n) is 7.25. The molecule has 0 saturated carbocycles. The molecule has 0 saturated heterocycles. The lowest BCUT2D eigenvalue weighted by Gasteiger charge is -2.32. The van der Waals surface area contributed by atoms with E-state index >= 15 is 0 Å². The van der Waals surface area contributed by atoms with Gasteiger partial charge < -0.3 is 10.1 Å². The molecule has 1 N–H and O–H groups in total. The van der Waals surface area contributed by atoms with Crippen LogP contribution in [0.4, 0.5) is 0 Å². The van der Waals surface area contributed by atoms with E-state index in [4.69, 9.17) is 4.74 Å². The topological polar surface area (TPSA) is 59.4 Å². The first-order valence-electron chi connectivity index (χ1n) is 9.61. The molecule has 0 fully saturated rings. The number of rotatable bonds is 7. The number of benzene rings is 1. The predicted molar refractivity (Wildman–Crippen MR) is 105 cm³/mol. The molecular weight excluding hydrogens is 340 g/mol.